The van der Waals surface area contributed by atoms with Crippen molar-refractivity contribution in [3.8, 4) is 22.0 Å². The van der Waals surface area contributed by atoms with Crippen molar-refractivity contribution in [2.75, 3.05) is 13.1 Å². The van der Waals surface area contributed by atoms with Gasteiger partial charge in [-0.2, -0.15) is 5.10 Å². The third kappa shape index (κ3) is 3.74. The van der Waals surface area contributed by atoms with E-state index in [0.29, 0.717) is 6.54 Å². The third-order valence-corrected chi connectivity index (χ3v) is 7.20. The first-order valence-corrected chi connectivity index (χ1v) is 12.3. The summed E-state index contributed by atoms with van der Waals surface area (Å²) in [6.45, 7) is 6.65. The summed E-state index contributed by atoms with van der Waals surface area (Å²) in [6.07, 6.45) is 6.10. The third-order valence-electron chi connectivity index (χ3n) is 6.16. The topological polar surface area (TPSA) is 94.6 Å². The number of imidazole rings is 1. The van der Waals surface area contributed by atoms with Crippen molar-refractivity contribution in [2.45, 2.75) is 26.3 Å². The van der Waals surface area contributed by atoms with Gasteiger partial charge in [0.2, 0.25) is 0 Å². The van der Waals surface area contributed by atoms with E-state index < -0.39 is 0 Å². The number of aryl methyl sites for hydroxylation is 1. The number of para-hydroxylation sites is 1. The molecule has 5 heterocycles. The average Bonchev–Trinajstić information content (AvgIpc) is 3.59. The maximum atomic E-state index is 4.98. The quantitative estimate of drug-likeness (QED) is 0.355. The standard InChI is InChI=1S/C26H25N7S/c1-3-27-11-16-9-17(13-28-12-16)18-10-20-24(32-33-25(20)29-14-18)26-30-21-6-4-5-19(23(21)31-26)22-8-7-15(2)34-22/h4-10,12-13,18,27H,3,11,14H2,1-2H3,(H,29,33)(H,30,31). The van der Waals surface area contributed by atoms with E-state index in [2.05, 4.69) is 81.8 Å². The van der Waals surface area contributed by atoms with Gasteiger partial charge in [0.1, 0.15) is 5.69 Å². The van der Waals surface area contributed by atoms with E-state index in [9.17, 15) is 0 Å². The Kier molecular flexibility index (Phi) is 5.31. The van der Waals surface area contributed by atoms with Gasteiger partial charge in [-0.3, -0.25) is 15.1 Å². The van der Waals surface area contributed by atoms with Crippen LogP contribution in [0.1, 0.15) is 28.8 Å². The number of benzene rings is 1. The molecule has 170 valence electrons. The Morgan fingerprint density at radius 3 is 2.97 bits per heavy atom. The minimum atomic E-state index is 0.145. The Hall–Kier alpha value is -3.62. The summed E-state index contributed by atoms with van der Waals surface area (Å²) in [4.78, 5) is 20.2. The highest BCUT2D eigenvalue weighted by Crippen LogP contribution is 2.33. The average molecular weight is 468 g/mol. The zero-order valence-corrected chi connectivity index (χ0v) is 19.9. The van der Waals surface area contributed by atoms with Gasteiger partial charge >= 0.3 is 0 Å². The largest absolute Gasteiger partial charge is 0.337 e. The molecule has 1 aliphatic rings. The molecule has 3 N–H and O–H groups in total. The molecule has 0 bridgehead atoms. The number of nitrogens with one attached hydrogen (secondary N) is 3. The molecule has 34 heavy (non-hydrogen) atoms. The zero-order chi connectivity index (χ0) is 23.1. The van der Waals surface area contributed by atoms with Crippen molar-refractivity contribution >= 4 is 28.4 Å². The number of pyridine rings is 1. The van der Waals surface area contributed by atoms with Crippen molar-refractivity contribution in [1.29, 1.82) is 0 Å². The fraction of sp³-hybridized carbons (Fsp3) is 0.231. The molecule has 4 aromatic heterocycles. The summed E-state index contributed by atoms with van der Waals surface area (Å²) in [5, 5.41) is 12.0. The van der Waals surface area contributed by atoms with E-state index in [4.69, 9.17) is 9.98 Å². The second kappa shape index (κ2) is 8.62. The molecule has 1 unspecified atom stereocenters. The zero-order valence-electron chi connectivity index (χ0n) is 19.1. The van der Waals surface area contributed by atoms with Crippen molar-refractivity contribution in [3.63, 3.8) is 0 Å². The monoisotopic (exact) mass is 467 g/mol. The van der Waals surface area contributed by atoms with Gasteiger partial charge in [-0.05, 0) is 42.8 Å². The Bertz CT molecular complexity index is 1610. The van der Waals surface area contributed by atoms with Crippen LogP contribution < -0.4 is 16.0 Å². The van der Waals surface area contributed by atoms with Gasteiger partial charge in [0.25, 0.3) is 0 Å². The molecular formula is C26H25N7S. The van der Waals surface area contributed by atoms with Crippen LogP contribution in [0, 0.1) is 6.92 Å². The number of thiophene rings is 1. The van der Waals surface area contributed by atoms with Crippen molar-refractivity contribution in [3.05, 3.63) is 75.5 Å². The predicted molar refractivity (Wildman–Crippen MR) is 136 cm³/mol. The van der Waals surface area contributed by atoms with Gasteiger partial charge in [0.05, 0.1) is 17.6 Å². The van der Waals surface area contributed by atoms with E-state index in [1.54, 1.807) is 11.3 Å². The highest BCUT2D eigenvalue weighted by Gasteiger charge is 2.19. The molecule has 0 amide bonds. The first kappa shape index (κ1) is 20.9. The minimum Gasteiger partial charge on any atom is -0.337 e. The highest BCUT2D eigenvalue weighted by molar-refractivity contribution is 7.15. The van der Waals surface area contributed by atoms with Gasteiger partial charge in [0, 0.05) is 45.4 Å². The van der Waals surface area contributed by atoms with Crippen LogP contribution >= 0.6 is 11.3 Å². The molecule has 0 aliphatic carbocycles. The SMILES string of the molecule is CCNCc1cncc(C2C=c3c(-c4nc5c(-c6ccc(C)s6)cccc5[nH]4)n[nH]c3=NC2)c1. The number of H-pyrrole nitrogens is 2. The van der Waals surface area contributed by atoms with Crippen LogP contribution in [0.15, 0.2) is 53.8 Å². The predicted octanol–water partition coefficient (Wildman–Crippen LogP) is 3.69. The molecule has 1 aliphatic heterocycles. The van der Waals surface area contributed by atoms with Crippen LogP contribution in [0.5, 0.6) is 0 Å². The lowest BCUT2D eigenvalue weighted by Gasteiger charge is -2.14. The summed E-state index contributed by atoms with van der Waals surface area (Å²) in [7, 11) is 0. The van der Waals surface area contributed by atoms with Crippen LogP contribution in [-0.2, 0) is 6.54 Å². The summed E-state index contributed by atoms with van der Waals surface area (Å²) in [5.74, 6) is 0.895. The van der Waals surface area contributed by atoms with Crippen LogP contribution in [0.4, 0.5) is 0 Å². The molecule has 1 aromatic carbocycles. The van der Waals surface area contributed by atoms with Crippen LogP contribution in [-0.4, -0.2) is 38.2 Å². The van der Waals surface area contributed by atoms with Gasteiger partial charge in [-0.15, -0.1) is 11.3 Å². The highest BCUT2D eigenvalue weighted by atomic mass is 32.1. The molecule has 6 rings (SSSR count). The number of hydrogen-bond donors (Lipinski definition) is 3. The second-order valence-electron chi connectivity index (χ2n) is 8.55. The lowest BCUT2D eigenvalue weighted by atomic mass is 9.97. The Balaban J connectivity index is 1.41. The van der Waals surface area contributed by atoms with Crippen LogP contribution in [0.3, 0.4) is 0 Å². The molecule has 0 spiro atoms. The Labute approximate surface area is 200 Å². The summed E-state index contributed by atoms with van der Waals surface area (Å²) >= 11 is 1.78. The normalized spacial score (nSPS) is 15.2. The molecule has 0 saturated carbocycles. The maximum Gasteiger partial charge on any atom is 0.159 e. The van der Waals surface area contributed by atoms with E-state index in [1.165, 1.54) is 15.3 Å². The molecule has 0 radical (unpaired) electrons. The molecule has 0 fully saturated rings. The molecule has 0 saturated heterocycles. The smallest absolute Gasteiger partial charge is 0.159 e. The van der Waals surface area contributed by atoms with E-state index in [-0.39, 0.29) is 5.92 Å². The Morgan fingerprint density at radius 2 is 2.12 bits per heavy atom. The first-order valence-electron chi connectivity index (χ1n) is 11.5. The number of fused-ring (bicyclic) bond motifs is 2. The Morgan fingerprint density at radius 1 is 1.18 bits per heavy atom. The minimum absolute atomic E-state index is 0.145. The lowest BCUT2D eigenvalue weighted by molar-refractivity contribution is 0.721. The fourth-order valence-corrected chi connectivity index (χ4v) is 5.34. The fourth-order valence-electron chi connectivity index (χ4n) is 4.44. The molecule has 7 nitrogen and oxygen atoms in total. The van der Waals surface area contributed by atoms with Crippen molar-refractivity contribution in [2.24, 2.45) is 4.99 Å². The van der Waals surface area contributed by atoms with E-state index >= 15 is 0 Å². The number of aromatic amines is 2. The maximum absolute atomic E-state index is 4.98. The van der Waals surface area contributed by atoms with E-state index in [1.807, 2.05) is 12.4 Å². The number of aromatic nitrogens is 5. The van der Waals surface area contributed by atoms with Gasteiger partial charge in [0.15, 0.2) is 11.3 Å². The summed E-state index contributed by atoms with van der Waals surface area (Å²) in [6, 6.07) is 12.8. The van der Waals surface area contributed by atoms with E-state index in [0.717, 1.165) is 57.5 Å². The second-order valence-corrected chi connectivity index (χ2v) is 9.84. The number of hydrogen-bond acceptors (Lipinski definition) is 6. The van der Waals surface area contributed by atoms with Gasteiger partial charge in [-0.1, -0.05) is 31.2 Å². The summed E-state index contributed by atoms with van der Waals surface area (Å²) < 4.78 is 0. The van der Waals surface area contributed by atoms with Crippen LogP contribution in [0.2, 0.25) is 0 Å². The molecule has 8 heteroatoms. The van der Waals surface area contributed by atoms with Gasteiger partial charge < -0.3 is 10.3 Å². The lowest BCUT2D eigenvalue weighted by Crippen LogP contribution is -2.30. The summed E-state index contributed by atoms with van der Waals surface area (Å²) in [5.41, 5.74) is 7.04. The van der Waals surface area contributed by atoms with Crippen molar-refractivity contribution < 1.29 is 0 Å². The van der Waals surface area contributed by atoms with Crippen LogP contribution in [0.25, 0.3) is 39.1 Å². The number of rotatable bonds is 6. The molecular weight excluding hydrogens is 442 g/mol. The molecule has 1 atom stereocenters. The number of nitrogens with zero attached hydrogens (tertiary/aromatic N) is 4. The van der Waals surface area contributed by atoms with Crippen molar-refractivity contribution in [1.82, 2.24) is 30.5 Å². The molecule has 5 aromatic rings. The van der Waals surface area contributed by atoms with Gasteiger partial charge in [-0.25, -0.2) is 4.98 Å². The first-order chi connectivity index (χ1) is 16.7.